The lowest BCUT2D eigenvalue weighted by molar-refractivity contribution is -0.149. The molecular formula is C21H29ClFN3O3. The quantitative estimate of drug-likeness (QED) is 0.679. The molecule has 0 unspecified atom stereocenters. The van der Waals surface area contributed by atoms with Crippen molar-refractivity contribution in [2.75, 3.05) is 46.4 Å². The molecule has 0 aliphatic carbocycles. The van der Waals surface area contributed by atoms with Gasteiger partial charge in [0.25, 0.3) is 0 Å². The Morgan fingerprint density at radius 1 is 1.03 bits per heavy atom. The van der Waals surface area contributed by atoms with Crippen LogP contribution in [0.4, 0.5) is 4.39 Å². The Bertz CT molecular complexity index is 714. The van der Waals surface area contributed by atoms with Gasteiger partial charge in [-0.15, -0.1) is 0 Å². The molecule has 0 bridgehead atoms. The van der Waals surface area contributed by atoms with Crippen LogP contribution in [0.15, 0.2) is 18.2 Å². The predicted octanol–water partition coefficient (Wildman–Crippen LogP) is 2.71. The number of hydrogen-bond acceptors (Lipinski definition) is 5. The highest BCUT2D eigenvalue weighted by Crippen LogP contribution is 2.32. The average Bonchev–Trinajstić information content (AvgIpc) is 2.75. The highest BCUT2D eigenvalue weighted by atomic mass is 35.5. The van der Waals surface area contributed by atoms with Crippen molar-refractivity contribution in [1.82, 2.24) is 14.7 Å². The zero-order chi connectivity index (χ0) is 21.0. The molecule has 0 aromatic heterocycles. The molecule has 1 aromatic carbocycles. The van der Waals surface area contributed by atoms with Crippen molar-refractivity contribution in [3.05, 3.63) is 34.6 Å². The first kappa shape index (κ1) is 22.0. The topological polar surface area (TPSA) is 53.1 Å². The first-order valence-corrected chi connectivity index (χ1v) is 10.6. The third kappa shape index (κ3) is 4.90. The molecule has 160 valence electrons. The van der Waals surface area contributed by atoms with Crippen LogP contribution in [0.2, 0.25) is 5.02 Å². The number of benzene rings is 1. The third-order valence-electron chi connectivity index (χ3n) is 5.98. The smallest absolute Gasteiger partial charge is 0.327 e. The number of likely N-dealkylation sites (tertiary alicyclic amines) is 1. The molecule has 2 fully saturated rings. The average molecular weight is 426 g/mol. The van der Waals surface area contributed by atoms with Gasteiger partial charge in [0.1, 0.15) is 11.9 Å². The van der Waals surface area contributed by atoms with E-state index in [0.29, 0.717) is 26.2 Å². The Balaban J connectivity index is 1.68. The van der Waals surface area contributed by atoms with E-state index < -0.39 is 17.8 Å². The van der Waals surface area contributed by atoms with Crippen molar-refractivity contribution in [2.45, 2.75) is 38.3 Å². The number of hydrogen-bond donors (Lipinski definition) is 0. The fraction of sp³-hybridized carbons (Fsp3) is 0.619. The van der Waals surface area contributed by atoms with Gasteiger partial charge in [-0.2, -0.15) is 0 Å². The van der Waals surface area contributed by atoms with Crippen LogP contribution in [0.25, 0.3) is 0 Å². The molecule has 8 heteroatoms. The molecular weight excluding hydrogens is 397 g/mol. The summed E-state index contributed by atoms with van der Waals surface area (Å²) >= 11 is 6.22. The monoisotopic (exact) mass is 425 g/mol. The van der Waals surface area contributed by atoms with Crippen LogP contribution in [-0.4, -0.2) is 79.0 Å². The second kappa shape index (κ2) is 9.87. The van der Waals surface area contributed by atoms with Crippen molar-refractivity contribution in [3.63, 3.8) is 0 Å². The van der Waals surface area contributed by atoms with E-state index in [1.807, 2.05) is 16.7 Å². The van der Waals surface area contributed by atoms with Gasteiger partial charge < -0.3 is 9.64 Å². The zero-order valence-electron chi connectivity index (χ0n) is 17.1. The molecule has 29 heavy (non-hydrogen) atoms. The molecule has 3 rings (SSSR count). The van der Waals surface area contributed by atoms with Crippen molar-refractivity contribution in [3.8, 4) is 0 Å². The van der Waals surface area contributed by atoms with E-state index in [2.05, 4.69) is 4.90 Å². The maximum absolute atomic E-state index is 14.5. The number of piperazine rings is 1. The summed E-state index contributed by atoms with van der Waals surface area (Å²) in [4.78, 5) is 31.3. The van der Waals surface area contributed by atoms with Crippen LogP contribution in [0.3, 0.4) is 0 Å². The van der Waals surface area contributed by atoms with Gasteiger partial charge >= 0.3 is 5.97 Å². The molecule has 0 radical (unpaired) electrons. The summed E-state index contributed by atoms with van der Waals surface area (Å²) in [6, 6.07) is 3.28. The number of ether oxygens (including phenoxy) is 1. The van der Waals surface area contributed by atoms with Gasteiger partial charge in [0.15, 0.2) is 0 Å². The molecule has 2 saturated heterocycles. The van der Waals surface area contributed by atoms with Crippen LogP contribution in [0, 0.1) is 5.82 Å². The molecule has 0 spiro atoms. The van der Waals surface area contributed by atoms with Gasteiger partial charge in [-0.3, -0.25) is 14.6 Å². The minimum atomic E-state index is -0.899. The van der Waals surface area contributed by atoms with E-state index in [1.54, 1.807) is 6.07 Å². The summed E-state index contributed by atoms with van der Waals surface area (Å²) in [6.45, 7) is 5.86. The fourth-order valence-electron chi connectivity index (χ4n) is 4.25. The first-order chi connectivity index (χ1) is 13.9. The number of amides is 1. The van der Waals surface area contributed by atoms with Crippen molar-refractivity contribution in [2.24, 2.45) is 0 Å². The number of esters is 1. The van der Waals surface area contributed by atoms with E-state index in [9.17, 15) is 14.0 Å². The Labute approximate surface area is 176 Å². The van der Waals surface area contributed by atoms with Crippen LogP contribution in [0.5, 0.6) is 0 Å². The van der Waals surface area contributed by atoms with Crippen molar-refractivity contribution < 1.29 is 18.7 Å². The Morgan fingerprint density at radius 2 is 1.66 bits per heavy atom. The zero-order valence-corrected chi connectivity index (χ0v) is 17.8. The second-order valence-corrected chi connectivity index (χ2v) is 8.10. The Morgan fingerprint density at radius 3 is 2.24 bits per heavy atom. The van der Waals surface area contributed by atoms with Crippen LogP contribution in [0.1, 0.15) is 37.8 Å². The molecule has 2 aliphatic rings. The van der Waals surface area contributed by atoms with E-state index in [0.717, 1.165) is 25.9 Å². The number of methoxy groups -OCH3 is 1. The largest absolute Gasteiger partial charge is 0.468 e. The van der Waals surface area contributed by atoms with Crippen LogP contribution >= 0.6 is 11.6 Å². The van der Waals surface area contributed by atoms with Crippen molar-refractivity contribution in [1.29, 1.82) is 0 Å². The van der Waals surface area contributed by atoms with Crippen LogP contribution < -0.4 is 0 Å². The van der Waals surface area contributed by atoms with Gasteiger partial charge in [-0.05, 0) is 38.3 Å². The summed E-state index contributed by atoms with van der Waals surface area (Å²) in [5.41, 5.74) is 0.145. The molecule has 0 N–H and O–H groups in total. The number of piperidine rings is 1. The van der Waals surface area contributed by atoms with Gasteiger partial charge in [0.2, 0.25) is 5.91 Å². The highest BCUT2D eigenvalue weighted by molar-refractivity contribution is 6.31. The third-order valence-corrected chi connectivity index (χ3v) is 6.31. The molecule has 2 heterocycles. The molecule has 0 saturated carbocycles. The summed E-state index contributed by atoms with van der Waals surface area (Å²) < 4.78 is 19.4. The van der Waals surface area contributed by atoms with Crippen LogP contribution in [-0.2, 0) is 14.3 Å². The Hall–Kier alpha value is -1.70. The van der Waals surface area contributed by atoms with E-state index in [1.165, 1.54) is 25.7 Å². The SMILES string of the molecule is COC(=O)[C@H](c1c(F)cccc1Cl)N1CCN([C@H](C)C(=O)N2CCCCC2)CC1. The standard InChI is InChI=1S/C21H29ClFN3O3/c1-15(20(27)26-9-4-3-5-10-26)24-11-13-25(14-12-24)19(21(28)29-2)18-16(22)7-6-8-17(18)23/h6-8,15,19H,3-5,9-14H2,1-2H3/t15-,19+/m1/s1. The maximum Gasteiger partial charge on any atom is 0.327 e. The van der Waals surface area contributed by atoms with Gasteiger partial charge in [-0.1, -0.05) is 17.7 Å². The summed E-state index contributed by atoms with van der Waals surface area (Å²) in [5, 5.41) is 0.205. The van der Waals surface area contributed by atoms with Gasteiger partial charge in [-0.25, -0.2) is 9.18 Å². The number of carbonyl (C=O) groups excluding carboxylic acids is 2. The lowest BCUT2D eigenvalue weighted by Gasteiger charge is -2.41. The van der Waals surface area contributed by atoms with E-state index in [-0.39, 0.29) is 22.5 Å². The highest BCUT2D eigenvalue weighted by Gasteiger charge is 2.36. The summed E-state index contributed by atoms with van der Waals surface area (Å²) in [7, 11) is 1.29. The number of carbonyl (C=O) groups is 2. The Kier molecular flexibility index (Phi) is 7.49. The number of halogens is 2. The summed E-state index contributed by atoms with van der Waals surface area (Å²) in [6.07, 6.45) is 3.32. The molecule has 1 amide bonds. The normalized spacial score (nSPS) is 20.9. The number of rotatable bonds is 5. The number of nitrogens with zero attached hydrogens (tertiary/aromatic N) is 3. The van der Waals surface area contributed by atoms with E-state index >= 15 is 0 Å². The minimum absolute atomic E-state index is 0.145. The van der Waals surface area contributed by atoms with E-state index in [4.69, 9.17) is 16.3 Å². The van der Waals surface area contributed by atoms with Crippen molar-refractivity contribution >= 4 is 23.5 Å². The maximum atomic E-state index is 14.5. The fourth-order valence-corrected chi connectivity index (χ4v) is 4.52. The second-order valence-electron chi connectivity index (χ2n) is 7.69. The summed E-state index contributed by atoms with van der Waals surface area (Å²) in [5.74, 6) is -0.897. The lowest BCUT2D eigenvalue weighted by atomic mass is 10.0. The lowest BCUT2D eigenvalue weighted by Crippen LogP contribution is -2.56. The first-order valence-electron chi connectivity index (χ1n) is 10.2. The minimum Gasteiger partial charge on any atom is -0.468 e. The molecule has 2 aliphatic heterocycles. The molecule has 2 atom stereocenters. The molecule has 6 nitrogen and oxygen atoms in total. The molecule has 1 aromatic rings. The van der Waals surface area contributed by atoms with Gasteiger partial charge in [0, 0.05) is 49.9 Å². The predicted molar refractivity (Wildman–Crippen MR) is 109 cm³/mol. The van der Waals surface area contributed by atoms with Gasteiger partial charge in [0.05, 0.1) is 13.2 Å².